The number of carbonyl (C=O) groups is 1. The highest BCUT2D eigenvalue weighted by Crippen LogP contribution is 2.17. The summed E-state index contributed by atoms with van der Waals surface area (Å²) in [6.45, 7) is 2.17. The fourth-order valence-electron chi connectivity index (χ4n) is 2.50. The number of rotatable bonds is 4. The molecule has 0 atom stereocenters. The Kier molecular flexibility index (Phi) is 6.19. The summed E-state index contributed by atoms with van der Waals surface area (Å²) in [7, 11) is 5.21. The Morgan fingerprint density at radius 1 is 1.39 bits per heavy atom. The minimum absolute atomic E-state index is 0.0259. The number of guanidine groups is 1. The average molecular weight is 318 g/mol. The maximum atomic E-state index is 11.6. The largest absolute Gasteiger partial charge is 0.356 e. The number of hydrogen-bond donors (Lipinski definition) is 2. The molecule has 1 amide bonds. The molecule has 2 heterocycles. The topological polar surface area (TPSA) is 72.9 Å². The molecule has 0 aliphatic carbocycles. The van der Waals surface area contributed by atoms with E-state index in [4.69, 9.17) is 0 Å². The standard InChI is InChI=1S/C16H26N6O/c1-17-16(19-12-15(23)21(2)3)20-13-7-10-22(11-8-13)14-6-4-5-9-18-14/h4-6,9,13H,7-8,10-12H2,1-3H3,(H2,17,19,20). The summed E-state index contributed by atoms with van der Waals surface area (Å²) in [5.41, 5.74) is 0. The maximum absolute atomic E-state index is 11.6. The van der Waals surface area contributed by atoms with Crippen LogP contribution in [0.5, 0.6) is 0 Å². The third-order valence-electron chi connectivity index (χ3n) is 3.94. The summed E-state index contributed by atoms with van der Waals surface area (Å²) in [5, 5.41) is 6.46. The van der Waals surface area contributed by atoms with Crippen LogP contribution in [-0.4, -0.2) is 68.6 Å². The average Bonchev–Trinajstić information content (AvgIpc) is 2.59. The van der Waals surface area contributed by atoms with Crippen LogP contribution < -0.4 is 15.5 Å². The SMILES string of the molecule is CN=C(NCC(=O)N(C)C)NC1CCN(c2ccccn2)CC1. The monoisotopic (exact) mass is 318 g/mol. The second kappa shape index (κ2) is 8.36. The lowest BCUT2D eigenvalue weighted by atomic mass is 10.1. The van der Waals surface area contributed by atoms with Gasteiger partial charge in [0.2, 0.25) is 5.91 Å². The summed E-state index contributed by atoms with van der Waals surface area (Å²) in [6, 6.07) is 6.35. The zero-order valence-electron chi connectivity index (χ0n) is 14.1. The van der Waals surface area contributed by atoms with Crippen molar-refractivity contribution < 1.29 is 4.79 Å². The third-order valence-corrected chi connectivity index (χ3v) is 3.94. The van der Waals surface area contributed by atoms with Crippen LogP contribution in [0, 0.1) is 0 Å². The summed E-state index contributed by atoms with van der Waals surface area (Å²) in [5.74, 6) is 1.74. The Labute approximate surface area is 137 Å². The Balaban J connectivity index is 1.77. The lowest BCUT2D eigenvalue weighted by Crippen LogP contribution is -2.50. The van der Waals surface area contributed by atoms with Gasteiger partial charge in [0.1, 0.15) is 5.82 Å². The van der Waals surface area contributed by atoms with Crippen molar-refractivity contribution in [2.24, 2.45) is 4.99 Å². The first-order chi connectivity index (χ1) is 11.1. The Bertz CT molecular complexity index is 523. The molecule has 1 saturated heterocycles. The molecule has 7 nitrogen and oxygen atoms in total. The number of carbonyl (C=O) groups excluding carboxylic acids is 1. The van der Waals surface area contributed by atoms with Crippen LogP contribution in [0.1, 0.15) is 12.8 Å². The quantitative estimate of drug-likeness (QED) is 0.617. The minimum Gasteiger partial charge on any atom is -0.356 e. The first-order valence-electron chi connectivity index (χ1n) is 7.93. The van der Waals surface area contributed by atoms with E-state index in [9.17, 15) is 4.79 Å². The van der Waals surface area contributed by atoms with Crippen LogP contribution >= 0.6 is 0 Å². The molecule has 1 aromatic rings. The number of hydrogen-bond acceptors (Lipinski definition) is 4. The Morgan fingerprint density at radius 2 is 2.13 bits per heavy atom. The first kappa shape index (κ1) is 17.1. The number of pyridine rings is 1. The molecule has 2 rings (SSSR count). The zero-order chi connectivity index (χ0) is 16.7. The van der Waals surface area contributed by atoms with Gasteiger partial charge < -0.3 is 20.4 Å². The van der Waals surface area contributed by atoms with Crippen molar-refractivity contribution in [1.82, 2.24) is 20.5 Å². The van der Waals surface area contributed by atoms with Gasteiger partial charge >= 0.3 is 0 Å². The number of likely N-dealkylation sites (N-methyl/N-ethyl adjacent to an activating group) is 1. The molecule has 0 aromatic carbocycles. The fourth-order valence-corrected chi connectivity index (χ4v) is 2.50. The highest BCUT2D eigenvalue weighted by Gasteiger charge is 2.20. The van der Waals surface area contributed by atoms with Gasteiger partial charge in [-0.05, 0) is 25.0 Å². The van der Waals surface area contributed by atoms with E-state index in [0.717, 1.165) is 31.7 Å². The lowest BCUT2D eigenvalue weighted by Gasteiger charge is -2.33. The molecule has 1 aromatic heterocycles. The predicted octanol–water partition coefficient (Wildman–Crippen LogP) is 0.304. The summed E-state index contributed by atoms with van der Waals surface area (Å²) >= 11 is 0. The minimum atomic E-state index is 0.0259. The number of nitrogens with one attached hydrogen (secondary N) is 2. The molecule has 0 radical (unpaired) electrons. The van der Waals surface area contributed by atoms with Crippen LogP contribution in [0.4, 0.5) is 5.82 Å². The van der Waals surface area contributed by atoms with Crippen molar-refractivity contribution >= 4 is 17.7 Å². The first-order valence-corrected chi connectivity index (χ1v) is 7.93. The molecule has 0 saturated carbocycles. The van der Waals surface area contributed by atoms with Crippen molar-refractivity contribution in [3.8, 4) is 0 Å². The molecule has 1 aliphatic rings. The predicted molar refractivity (Wildman–Crippen MR) is 92.7 cm³/mol. The number of aliphatic imine (C=N–C) groups is 1. The van der Waals surface area contributed by atoms with E-state index in [1.807, 2.05) is 24.4 Å². The highest BCUT2D eigenvalue weighted by molar-refractivity contribution is 5.86. The molecule has 0 spiro atoms. The van der Waals surface area contributed by atoms with E-state index in [1.165, 1.54) is 0 Å². The smallest absolute Gasteiger partial charge is 0.241 e. The molecule has 1 fully saturated rings. The van der Waals surface area contributed by atoms with Gasteiger partial charge in [0.15, 0.2) is 5.96 Å². The van der Waals surface area contributed by atoms with E-state index >= 15 is 0 Å². The second-order valence-corrected chi connectivity index (χ2v) is 5.81. The van der Waals surface area contributed by atoms with Gasteiger partial charge in [-0.2, -0.15) is 0 Å². The number of nitrogens with zero attached hydrogens (tertiary/aromatic N) is 4. The van der Waals surface area contributed by atoms with E-state index in [2.05, 4.69) is 25.5 Å². The van der Waals surface area contributed by atoms with Crippen molar-refractivity contribution in [3.63, 3.8) is 0 Å². The second-order valence-electron chi connectivity index (χ2n) is 5.81. The maximum Gasteiger partial charge on any atom is 0.241 e. The molecule has 23 heavy (non-hydrogen) atoms. The van der Waals surface area contributed by atoms with Crippen molar-refractivity contribution in [3.05, 3.63) is 24.4 Å². The lowest BCUT2D eigenvalue weighted by molar-refractivity contribution is -0.127. The highest BCUT2D eigenvalue weighted by atomic mass is 16.2. The van der Waals surface area contributed by atoms with Gasteiger partial charge in [0.25, 0.3) is 0 Å². The van der Waals surface area contributed by atoms with Crippen LogP contribution in [0.3, 0.4) is 0 Å². The van der Waals surface area contributed by atoms with E-state index in [1.54, 1.807) is 26.0 Å². The van der Waals surface area contributed by atoms with E-state index in [-0.39, 0.29) is 12.5 Å². The molecular formula is C16H26N6O. The normalized spacial score (nSPS) is 16.1. The van der Waals surface area contributed by atoms with Crippen LogP contribution in [0.2, 0.25) is 0 Å². The van der Waals surface area contributed by atoms with Crippen molar-refractivity contribution in [2.75, 3.05) is 45.7 Å². The van der Waals surface area contributed by atoms with E-state index in [0.29, 0.717) is 12.0 Å². The molecule has 7 heteroatoms. The molecular weight excluding hydrogens is 292 g/mol. The van der Waals surface area contributed by atoms with E-state index < -0.39 is 0 Å². The zero-order valence-corrected chi connectivity index (χ0v) is 14.1. The van der Waals surface area contributed by atoms with Gasteiger partial charge in [0.05, 0.1) is 6.54 Å². The van der Waals surface area contributed by atoms with Gasteiger partial charge in [0, 0.05) is 46.5 Å². The Hall–Kier alpha value is -2.31. The Morgan fingerprint density at radius 3 is 2.70 bits per heavy atom. The van der Waals surface area contributed by atoms with Gasteiger partial charge in [-0.1, -0.05) is 6.07 Å². The van der Waals surface area contributed by atoms with Gasteiger partial charge in [-0.25, -0.2) is 4.98 Å². The van der Waals surface area contributed by atoms with Crippen molar-refractivity contribution in [1.29, 1.82) is 0 Å². The molecule has 126 valence electrons. The number of anilines is 1. The number of amides is 1. The third kappa shape index (κ3) is 5.12. The van der Waals surface area contributed by atoms with Gasteiger partial charge in [-0.3, -0.25) is 9.79 Å². The molecule has 0 bridgehead atoms. The van der Waals surface area contributed by atoms with Crippen LogP contribution in [0.25, 0.3) is 0 Å². The summed E-state index contributed by atoms with van der Waals surface area (Å²) in [6.07, 6.45) is 3.85. The van der Waals surface area contributed by atoms with Crippen LogP contribution in [-0.2, 0) is 4.79 Å². The fraction of sp³-hybridized carbons (Fsp3) is 0.562. The molecule has 2 N–H and O–H groups in total. The summed E-state index contributed by atoms with van der Waals surface area (Å²) < 4.78 is 0. The van der Waals surface area contributed by atoms with Gasteiger partial charge in [-0.15, -0.1) is 0 Å². The van der Waals surface area contributed by atoms with Crippen LogP contribution in [0.15, 0.2) is 29.4 Å². The number of aromatic nitrogens is 1. The summed E-state index contributed by atoms with van der Waals surface area (Å²) in [4.78, 5) is 24.1. The van der Waals surface area contributed by atoms with Crippen molar-refractivity contribution in [2.45, 2.75) is 18.9 Å². The number of piperidine rings is 1. The molecule has 1 aliphatic heterocycles. The molecule has 0 unspecified atom stereocenters.